The van der Waals surface area contributed by atoms with E-state index in [9.17, 15) is 4.79 Å². The minimum absolute atomic E-state index is 0.169. The third-order valence-electron chi connectivity index (χ3n) is 3.07. The highest BCUT2D eigenvalue weighted by Crippen LogP contribution is 2.37. The largest absolute Gasteiger partial charge is 0.480 e. The molecule has 0 aromatic carbocycles. The molecule has 1 fully saturated rings. The van der Waals surface area contributed by atoms with Crippen LogP contribution in [0.4, 0.5) is 0 Å². The van der Waals surface area contributed by atoms with Gasteiger partial charge in [-0.3, -0.25) is 4.79 Å². The summed E-state index contributed by atoms with van der Waals surface area (Å²) >= 11 is 0. The van der Waals surface area contributed by atoms with Crippen LogP contribution >= 0.6 is 0 Å². The van der Waals surface area contributed by atoms with Crippen molar-refractivity contribution in [2.24, 2.45) is 5.73 Å². The van der Waals surface area contributed by atoms with Gasteiger partial charge in [-0.05, 0) is 27.7 Å². The lowest BCUT2D eigenvalue weighted by molar-refractivity contribution is -0.138. The molecule has 0 aromatic rings. The van der Waals surface area contributed by atoms with E-state index in [-0.39, 0.29) is 6.32 Å². The van der Waals surface area contributed by atoms with Gasteiger partial charge in [0.05, 0.1) is 11.2 Å². The van der Waals surface area contributed by atoms with E-state index in [1.807, 2.05) is 27.7 Å². The van der Waals surface area contributed by atoms with E-state index in [4.69, 9.17) is 20.1 Å². The fourth-order valence-corrected chi connectivity index (χ4v) is 1.37. The van der Waals surface area contributed by atoms with Crippen molar-refractivity contribution >= 4 is 13.1 Å². The van der Waals surface area contributed by atoms with Gasteiger partial charge in [0.15, 0.2) is 0 Å². The molecule has 1 atom stereocenters. The van der Waals surface area contributed by atoms with Gasteiger partial charge >= 0.3 is 13.1 Å². The fraction of sp³-hybridized carbons (Fsp3) is 0.889. The van der Waals surface area contributed by atoms with Crippen LogP contribution in [-0.2, 0) is 14.1 Å². The normalized spacial score (nSPS) is 25.3. The Labute approximate surface area is 90.1 Å². The van der Waals surface area contributed by atoms with Gasteiger partial charge in [-0.2, -0.15) is 0 Å². The molecule has 1 unspecified atom stereocenters. The number of hydrogen-bond acceptors (Lipinski definition) is 4. The number of carbonyl (C=O) groups is 1. The van der Waals surface area contributed by atoms with Gasteiger partial charge in [0.1, 0.15) is 6.04 Å². The summed E-state index contributed by atoms with van der Waals surface area (Å²) in [5.41, 5.74) is 4.54. The second-order valence-electron chi connectivity index (χ2n) is 4.87. The van der Waals surface area contributed by atoms with Crippen LogP contribution in [0.1, 0.15) is 27.7 Å². The average Bonchev–Trinajstić information content (AvgIpc) is 2.19. The van der Waals surface area contributed by atoms with E-state index in [1.165, 1.54) is 0 Å². The molecule has 1 heterocycles. The molecule has 3 N–H and O–H groups in total. The second kappa shape index (κ2) is 3.77. The topological polar surface area (TPSA) is 81.8 Å². The molecule has 0 aromatic heterocycles. The highest BCUT2D eigenvalue weighted by atomic mass is 16.7. The molecule has 15 heavy (non-hydrogen) atoms. The Balaban J connectivity index is 2.60. The molecule has 0 radical (unpaired) electrons. The van der Waals surface area contributed by atoms with Crippen molar-refractivity contribution in [3.05, 3.63) is 0 Å². The maximum Gasteiger partial charge on any atom is 0.460 e. The number of carboxylic acids is 1. The average molecular weight is 215 g/mol. The predicted octanol–water partition coefficient (Wildman–Crippen LogP) is 0.490. The van der Waals surface area contributed by atoms with E-state index in [1.54, 1.807) is 0 Å². The summed E-state index contributed by atoms with van der Waals surface area (Å²) < 4.78 is 11.2. The first-order valence-corrected chi connectivity index (χ1v) is 5.00. The third kappa shape index (κ3) is 2.51. The molecule has 0 saturated carbocycles. The van der Waals surface area contributed by atoms with Crippen molar-refractivity contribution in [1.29, 1.82) is 0 Å². The third-order valence-corrected chi connectivity index (χ3v) is 3.07. The van der Waals surface area contributed by atoms with Crippen molar-refractivity contribution < 1.29 is 19.2 Å². The van der Waals surface area contributed by atoms with Gasteiger partial charge in [0.2, 0.25) is 0 Å². The Hall–Kier alpha value is -0.585. The van der Waals surface area contributed by atoms with E-state index in [2.05, 4.69) is 0 Å². The molecule has 86 valence electrons. The number of aliphatic carboxylic acids is 1. The van der Waals surface area contributed by atoms with Gasteiger partial charge in [0, 0.05) is 6.32 Å². The van der Waals surface area contributed by atoms with E-state index in [0.717, 1.165) is 0 Å². The Morgan fingerprint density at radius 3 is 2.07 bits per heavy atom. The second-order valence-corrected chi connectivity index (χ2v) is 4.87. The summed E-state index contributed by atoms with van der Waals surface area (Å²) in [6.07, 6.45) is 0.169. The first-order chi connectivity index (χ1) is 6.66. The molecular formula is C9H18BNO4. The first kappa shape index (κ1) is 12.5. The summed E-state index contributed by atoms with van der Waals surface area (Å²) in [5, 5.41) is 8.67. The summed E-state index contributed by atoms with van der Waals surface area (Å²) in [6.45, 7) is 7.66. The highest BCUT2D eigenvalue weighted by molar-refractivity contribution is 6.46. The zero-order valence-corrected chi connectivity index (χ0v) is 9.61. The van der Waals surface area contributed by atoms with Gasteiger partial charge in [-0.25, -0.2) is 0 Å². The summed E-state index contributed by atoms with van der Waals surface area (Å²) in [4.78, 5) is 10.6. The van der Waals surface area contributed by atoms with Crippen molar-refractivity contribution in [1.82, 2.24) is 0 Å². The molecular weight excluding hydrogens is 197 g/mol. The summed E-state index contributed by atoms with van der Waals surface area (Å²) in [7, 11) is -0.541. The molecule has 0 aliphatic carbocycles. The predicted molar refractivity (Wildman–Crippen MR) is 56.5 cm³/mol. The smallest absolute Gasteiger partial charge is 0.460 e. The minimum Gasteiger partial charge on any atom is -0.480 e. The number of carboxylic acid groups (broad SMARTS) is 1. The number of nitrogens with two attached hydrogens (primary N) is 1. The molecule has 6 heteroatoms. The van der Waals surface area contributed by atoms with E-state index >= 15 is 0 Å². The maximum atomic E-state index is 10.6. The van der Waals surface area contributed by atoms with Crippen LogP contribution in [0.5, 0.6) is 0 Å². The Bertz CT molecular complexity index is 251. The maximum absolute atomic E-state index is 10.6. The van der Waals surface area contributed by atoms with Crippen molar-refractivity contribution in [2.75, 3.05) is 0 Å². The summed E-state index contributed by atoms with van der Waals surface area (Å²) in [5.74, 6) is -1.04. The van der Waals surface area contributed by atoms with Crippen molar-refractivity contribution in [3.8, 4) is 0 Å². The molecule has 1 saturated heterocycles. The van der Waals surface area contributed by atoms with Crippen LogP contribution in [0.25, 0.3) is 0 Å². The standard InChI is InChI=1S/C9H18BNO4/c1-8(2)9(3,4)15-10(14-8)5-6(11)7(12)13/h6H,5,11H2,1-4H3,(H,12,13). The van der Waals surface area contributed by atoms with Crippen LogP contribution in [0, 0.1) is 0 Å². The van der Waals surface area contributed by atoms with Gasteiger partial charge in [-0.1, -0.05) is 0 Å². The van der Waals surface area contributed by atoms with Crippen LogP contribution in [-0.4, -0.2) is 35.4 Å². The van der Waals surface area contributed by atoms with Crippen LogP contribution in [0.2, 0.25) is 6.32 Å². The van der Waals surface area contributed by atoms with Crippen molar-refractivity contribution in [3.63, 3.8) is 0 Å². The van der Waals surface area contributed by atoms with Gasteiger partial charge in [-0.15, -0.1) is 0 Å². The monoisotopic (exact) mass is 215 g/mol. The lowest BCUT2D eigenvalue weighted by Gasteiger charge is -2.32. The first-order valence-electron chi connectivity index (χ1n) is 5.00. The molecule has 5 nitrogen and oxygen atoms in total. The highest BCUT2D eigenvalue weighted by Gasteiger charge is 2.51. The van der Waals surface area contributed by atoms with Crippen LogP contribution < -0.4 is 5.73 Å². The van der Waals surface area contributed by atoms with Crippen LogP contribution in [0.3, 0.4) is 0 Å². The molecule has 0 bridgehead atoms. The Morgan fingerprint density at radius 1 is 1.33 bits per heavy atom. The fourth-order valence-electron chi connectivity index (χ4n) is 1.37. The number of hydrogen-bond donors (Lipinski definition) is 2. The van der Waals surface area contributed by atoms with Crippen LogP contribution in [0.15, 0.2) is 0 Å². The van der Waals surface area contributed by atoms with E-state index in [0.29, 0.717) is 0 Å². The molecule has 1 aliphatic heterocycles. The molecule has 0 amide bonds. The SMILES string of the molecule is CC1(C)OB(CC(N)C(=O)O)OC1(C)C. The summed E-state index contributed by atoms with van der Waals surface area (Å²) in [6, 6.07) is -0.945. The lowest BCUT2D eigenvalue weighted by Crippen LogP contribution is -2.41. The number of rotatable bonds is 3. The van der Waals surface area contributed by atoms with Gasteiger partial charge in [0.25, 0.3) is 0 Å². The quantitative estimate of drug-likeness (QED) is 0.669. The zero-order chi connectivity index (χ0) is 11.9. The molecule has 0 spiro atoms. The van der Waals surface area contributed by atoms with Crippen molar-refractivity contribution in [2.45, 2.75) is 51.3 Å². The minimum atomic E-state index is -1.04. The zero-order valence-electron chi connectivity index (χ0n) is 9.61. The Morgan fingerprint density at radius 2 is 1.73 bits per heavy atom. The Kier molecular flexibility index (Phi) is 3.14. The van der Waals surface area contributed by atoms with E-state index < -0.39 is 30.3 Å². The molecule has 1 aliphatic rings. The molecule has 1 rings (SSSR count). The lowest BCUT2D eigenvalue weighted by atomic mass is 9.81. The van der Waals surface area contributed by atoms with Gasteiger partial charge < -0.3 is 20.1 Å².